The number of nitrogens with zero attached hydrogens (tertiary/aromatic N) is 4. The summed E-state index contributed by atoms with van der Waals surface area (Å²) >= 11 is 6.11. The lowest BCUT2D eigenvalue weighted by Gasteiger charge is -2.33. The van der Waals surface area contributed by atoms with Crippen LogP contribution >= 0.6 is 35.6 Å². The van der Waals surface area contributed by atoms with E-state index in [1.54, 1.807) is 6.33 Å². The van der Waals surface area contributed by atoms with E-state index in [4.69, 9.17) is 11.6 Å². The number of aromatic amines is 1. The second kappa shape index (κ2) is 8.56. The van der Waals surface area contributed by atoms with Crippen LogP contribution in [0.25, 0.3) is 0 Å². The Balaban J connectivity index is 0.00000196. The van der Waals surface area contributed by atoms with Crippen LogP contribution in [0.4, 0.5) is 0 Å². The Kier molecular flexibility index (Phi) is 6.39. The van der Waals surface area contributed by atoms with Crippen LogP contribution in [-0.4, -0.2) is 52.2 Å². The maximum Gasteiger partial charge on any atom is 0.193 e. The van der Waals surface area contributed by atoms with Crippen molar-refractivity contribution < 1.29 is 0 Å². The van der Waals surface area contributed by atoms with Crippen molar-refractivity contribution in [2.24, 2.45) is 4.99 Å². The summed E-state index contributed by atoms with van der Waals surface area (Å²) in [5.41, 5.74) is 1.31. The van der Waals surface area contributed by atoms with Gasteiger partial charge in [-0.25, -0.2) is 4.98 Å². The fourth-order valence-corrected chi connectivity index (χ4v) is 3.90. The predicted octanol–water partition coefficient (Wildman–Crippen LogP) is 3.39. The molecule has 6 nitrogen and oxygen atoms in total. The second-order valence-electron chi connectivity index (χ2n) is 6.83. The quantitative estimate of drug-likeness (QED) is 0.396. The van der Waals surface area contributed by atoms with Gasteiger partial charge >= 0.3 is 0 Å². The lowest BCUT2D eigenvalue weighted by Crippen LogP contribution is -2.46. The van der Waals surface area contributed by atoms with E-state index in [0.29, 0.717) is 17.9 Å². The first-order valence-electron chi connectivity index (χ1n) is 8.83. The van der Waals surface area contributed by atoms with Crippen LogP contribution in [0.3, 0.4) is 0 Å². The predicted molar refractivity (Wildman–Crippen MR) is 114 cm³/mol. The first-order chi connectivity index (χ1) is 12.2. The van der Waals surface area contributed by atoms with Crippen molar-refractivity contribution in [2.45, 2.75) is 37.1 Å². The molecule has 2 aromatic rings. The molecule has 140 valence electrons. The highest BCUT2D eigenvalue weighted by molar-refractivity contribution is 14.0. The van der Waals surface area contributed by atoms with E-state index in [2.05, 4.69) is 42.5 Å². The highest BCUT2D eigenvalue weighted by Gasteiger charge is 2.40. The Hall–Kier alpha value is -1.35. The first-order valence-corrected chi connectivity index (χ1v) is 9.21. The number of aromatic nitrogens is 3. The highest BCUT2D eigenvalue weighted by Crippen LogP contribution is 2.41. The van der Waals surface area contributed by atoms with Crippen LogP contribution in [0.15, 0.2) is 35.6 Å². The molecular weight excluding hydrogens is 463 g/mol. The molecule has 0 spiro atoms. The average Bonchev–Trinajstić information content (AvgIpc) is 3.19. The highest BCUT2D eigenvalue weighted by atomic mass is 127. The number of hydrogen-bond donors (Lipinski definition) is 2. The molecule has 2 fully saturated rings. The van der Waals surface area contributed by atoms with Crippen LogP contribution in [0.1, 0.15) is 42.5 Å². The van der Waals surface area contributed by atoms with Gasteiger partial charge in [-0.05, 0) is 37.0 Å². The van der Waals surface area contributed by atoms with Crippen molar-refractivity contribution in [3.05, 3.63) is 47.0 Å². The van der Waals surface area contributed by atoms with Crippen molar-refractivity contribution >= 4 is 41.5 Å². The van der Waals surface area contributed by atoms with Crippen molar-refractivity contribution in [2.75, 3.05) is 20.1 Å². The van der Waals surface area contributed by atoms with Gasteiger partial charge in [0.15, 0.2) is 5.96 Å². The number of aliphatic imine (C=N–C) groups is 1. The maximum absolute atomic E-state index is 6.11. The minimum Gasteiger partial charge on any atom is -0.353 e. The second-order valence-corrected chi connectivity index (χ2v) is 7.26. The van der Waals surface area contributed by atoms with Gasteiger partial charge in [-0.3, -0.25) is 10.1 Å². The summed E-state index contributed by atoms with van der Waals surface area (Å²) in [5, 5.41) is 11.4. The Morgan fingerprint density at radius 2 is 2.15 bits per heavy atom. The summed E-state index contributed by atoms with van der Waals surface area (Å²) in [6, 6.07) is 8.62. The minimum atomic E-state index is 0. The van der Waals surface area contributed by atoms with Gasteiger partial charge in [-0.15, -0.1) is 24.0 Å². The number of piperidine rings is 1. The fourth-order valence-electron chi connectivity index (χ4n) is 3.70. The molecular formula is C18H24ClIN6. The summed E-state index contributed by atoms with van der Waals surface area (Å²) in [6.07, 6.45) is 4.86. The van der Waals surface area contributed by atoms with Crippen molar-refractivity contribution in [3.63, 3.8) is 0 Å². The van der Waals surface area contributed by atoms with Gasteiger partial charge in [0, 0.05) is 43.0 Å². The van der Waals surface area contributed by atoms with Crippen LogP contribution in [0.2, 0.25) is 5.02 Å². The molecule has 1 aromatic carbocycles. The van der Waals surface area contributed by atoms with Crippen molar-refractivity contribution in [3.8, 4) is 0 Å². The molecule has 1 saturated carbocycles. The minimum absolute atomic E-state index is 0. The lowest BCUT2D eigenvalue weighted by atomic mass is 9.96. The molecule has 0 amide bonds. The lowest BCUT2D eigenvalue weighted by molar-refractivity contribution is 0.298. The molecule has 1 aliphatic carbocycles. The molecule has 4 rings (SSSR count). The zero-order valence-electron chi connectivity index (χ0n) is 14.7. The summed E-state index contributed by atoms with van der Waals surface area (Å²) in [5.74, 6) is 3.01. The SMILES string of the molecule is CN=C(NC1CC1c1cccc(Cl)c1)N1CCC(c2ncn[nH]2)CC1.I. The van der Waals surface area contributed by atoms with Crippen molar-refractivity contribution in [1.82, 2.24) is 25.4 Å². The average molecular weight is 487 g/mol. The Morgan fingerprint density at radius 1 is 1.35 bits per heavy atom. The van der Waals surface area contributed by atoms with Crippen molar-refractivity contribution in [1.29, 1.82) is 0 Å². The zero-order valence-corrected chi connectivity index (χ0v) is 17.8. The monoisotopic (exact) mass is 486 g/mol. The number of guanidine groups is 1. The number of halogens is 2. The maximum atomic E-state index is 6.11. The van der Waals surface area contributed by atoms with Crippen LogP contribution in [0.5, 0.6) is 0 Å². The number of nitrogens with one attached hydrogen (secondary N) is 2. The van der Waals surface area contributed by atoms with E-state index in [1.165, 1.54) is 5.56 Å². The fraction of sp³-hybridized carbons (Fsp3) is 0.500. The first kappa shape index (κ1) is 19.4. The molecule has 1 aromatic heterocycles. The third kappa shape index (κ3) is 4.31. The molecule has 2 aliphatic rings. The molecule has 26 heavy (non-hydrogen) atoms. The van der Waals surface area contributed by atoms with E-state index < -0.39 is 0 Å². The number of rotatable bonds is 3. The summed E-state index contributed by atoms with van der Waals surface area (Å²) in [7, 11) is 1.86. The largest absolute Gasteiger partial charge is 0.353 e. The van der Waals surface area contributed by atoms with Gasteiger partial charge in [-0.2, -0.15) is 5.10 Å². The summed E-state index contributed by atoms with van der Waals surface area (Å²) < 4.78 is 0. The van der Waals surface area contributed by atoms with Gasteiger partial charge < -0.3 is 10.2 Å². The molecule has 1 saturated heterocycles. The molecule has 0 radical (unpaired) electrons. The number of likely N-dealkylation sites (tertiary alicyclic amines) is 1. The number of hydrogen-bond acceptors (Lipinski definition) is 3. The molecule has 2 unspecified atom stereocenters. The smallest absolute Gasteiger partial charge is 0.193 e. The van der Waals surface area contributed by atoms with Crippen LogP contribution in [-0.2, 0) is 0 Å². The summed E-state index contributed by atoms with van der Waals surface area (Å²) in [4.78, 5) is 11.1. The standard InChI is InChI=1S/C18H23ClN6.HI/c1-20-18(23-16-10-15(16)13-3-2-4-14(19)9-13)25-7-5-12(6-8-25)17-21-11-22-24-17;/h2-4,9,11-12,15-16H,5-8,10H2,1H3,(H,20,23)(H,21,22,24);1H. The Labute approximate surface area is 175 Å². The van der Waals surface area contributed by atoms with E-state index in [0.717, 1.165) is 49.2 Å². The topological polar surface area (TPSA) is 69.2 Å². The molecule has 2 atom stereocenters. The van der Waals surface area contributed by atoms with Gasteiger partial charge in [0.25, 0.3) is 0 Å². The Bertz CT molecular complexity index is 742. The van der Waals surface area contributed by atoms with E-state index in [9.17, 15) is 0 Å². The Morgan fingerprint density at radius 3 is 2.81 bits per heavy atom. The molecule has 1 aliphatic heterocycles. The van der Waals surface area contributed by atoms with Gasteiger partial charge in [-0.1, -0.05) is 23.7 Å². The third-order valence-electron chi connectivity index (χ3n) is 5.21. The van der Waals surface area contributed by atoms with Crippen LogP contribution in [0, 0.1) is 0 Å². The molecule has 2 heterocycles. The number of H-pyrrole nitrogens is 1. The van der Waals surface area contributed by atoms with E-state index in [-0.39, 0.29) is 24.0 Å². The van der Waals surface area contributed by atoms with Gasteiger partial charge in [0.1, 0.15) is 12.2 Å². The van der Waals surface area contributed by atoms with Gasteiger partial charge in [0.05, 0.1) is 0 Å². The zero-order chi connectivity index (χ0) is 17.2. The van der Waals surface area contributed by atoms with E-state index in [1.807, 2.05) is 19.2 Å². The van der Waals surface area contributed by atoms with E-state index >= 15 is 0 Å². The molecule has 0 bridgehead atoms. The molecule has 8 heteroatoms. The third-order valence-corrected chi connectivity index (χ3v) is 5.44. The van der Waals surface area contributed by atoms with Crippen LogP contribution < -0.4 is 5.32 Å². The summed E-state index contributed by atoms with van der Waals surface area (Å²) in [6.45, 7) is 1.97. The van der Waals surface area contributed by atoms with Gasteiger partial charge in [0.2, 0.25) is 0 Å². The number of benzene rings is 1. The molecule has 2 N–H and O–H groups in total. The normalized spacial score (nSPS) is 23.5.